The SMILES string of the molecule is ClC1CCC2CC12Cl. The normalized spacial score (nSPS) is 60.8. The zero-order chi connectivity index (χ0) is 5.78. The molecular formula is C6H8Cl2. The molecule has 0 aromatic heterocycles. The Hall–Kier alpha value is 0.580. The standard InChI is InChI=1S/C6H8Cl2/c7-5-2-1-4-3-6(4,5)8/h4-5H,1-3H2. The molecule has 0 spiro atoms. The van der Waals surface area contributed by atoms with Gasteiger partial charge < -0.3 is 0 Å². The van der Waals surface area contributed by atoms with E-state index in [9.17, 15) is 0 Å². The second-order valence-corrected chi connectivity index (χ2v) is 4.10. The molecule has 0 N–H and O–H groups in total. The molecule has 8 heavy (non-hydrogen) atoms. The first-order valence-corrected chi connectivity index (χ1v) is 3.88. The van der Waals surface area contributed by atoms with E-state index in [-0.39, 0.29) is 10.3 Å². The molecular weight excluding hydrogens is 143 g/mol. The third-order valence-corrected chi connectivity index (χ3v) is 3.81. The van der Waals surface area contributed by atoms with Crippen molar-refractivity contribution in [2.45, 2.75) is 29.5 Å². The van der Waals surface area contributed by atoms with Gasteiger partial charge in [-0.3, -0.25) is 0 Å². The van der Waals surface area contributed by atoms with Gasteiger partial charge in [-0.15, -0.1) is 23.2 Å². The van der Waals surface area contributed by atoms with Crippen LogP contribution in [0.25, 0.3) is 0 Å². The van der Waals surface area contributed by atoms with Crippen LogP contribution in [0.3, 0.4) is 0 Å². The van der Waals surface area contributed by atoms with E-state index in [1.807, 2.05) is 0 Å². The van der Waals surface area contributed by atoms with Crippen molar-refractivity contribution in [1.29, 1.82) is 0 Å². The molecule has 0 radical (unpaired) electrons. The van der Waals surface area contributed by atoms with Gasteiger partial charge in [-0.1, -0.05) is 0 Å². The van der Waals surface area contributed by atoms with Crippen LogP contribution in [0.5, 0.6) is 0 Å². The molecule has 3 atom stereocenters. The fourth-order valence-corrected chi connectivity index (χ4v) is 2.43. The summed E-state index contributed by atoms with van der Waals surface area (Å²) in [6, 6.07) is 0. The van der Waals surface area contributed by atoms with Gasteiger partial charge in [0.15, 0.2) is 0 Å². The zero-order valence-corrected chi connectivity index (χ0v) is 6.04. The molecule has 46 valence electrons. The van der Waals surface area contributed by atoms with Crippen LogP contribution in [-0.2, 0) is 0 Å². The molecule has 0 bridgehead atoms. The lowest BCUT2D eigenvalue weighted by atomic mass is 10.2. The van der Waals surface area contributed by atoms with Crippen molar-refractivity contribution in [3.63, 3.8) is 0 Å². The number of halogens is 2. The molecule has 2 saturated carbocycles. The molecule has 0 aliphatic heterocycles. The average Bonchev–Trinajstić information content (AvgIpc) is 2.31. The molecule has 2 aliphatic rings. The van der Waals surface area contributed by atoms with Crippen LogP contribution in [0.1, 0.15) is 19.3 Å². The smallest absolute Gasteiger partial charge is 0.0641 e. The molecule has 0 aromatic rings. The molecule has 2 fully saturated rings. The van der Waals surface area contributed by atoms with Gasteiger partial charge in [0.1, 0.15) is 0 Å². The molecule has 0 saturated heterocycles. The first kappa shape index (κ1) is 5.37. The maximum atomic E-state index is 6.06. The lowest BCUT2D eigenvalue weighted by Gasteiger charge is -2.05. The maximum absolute atomic E-state index is 6.06. The molecule has 0 amide bonds. The van der Waals surface area contributed by atoms with Gasteiger partial charge in [0.2, 0.25) is 0 Å². The Bertz CT molecular complexity index is 122. The summed E-state index contributed by atoms with van der Waals surface area (Å²) in [4.78, 5) is 0.0571. The van der Waals surface area contributed by atoms with E-state index in [4.69, 9.17) is 23.2 Å². The summed E-state index contributed by atoms with van der Waals surface area (Å²) in [5.41, 5.74) is 0. The van der Waals surface area contributed by atoms with Crippen LogP contribution in [-0.4, -0.2) is 10.3 Å². The predicted molar refractivity (Wildman–Crippen MR) is 35.6 cm³/mol. The molecule has 2 rings (SSSR count). The Kier molecular flexibility index (Phi) is 0.908. The number of alkyl halides is 2. The third-order valence-electron chi connectivity index (χ3n) is 2.37. The summed E-state index contributed by atoms with van der Waals surface area (Å²) in [6.07, 6.45) is 3.57. The van der Waals surface area contributed by atoms with Crippen LogP contribution in [0, 0.1) is 5.92 Å². The summed E-state index contributed by atoms with van der Waals surface area (Å²) in [7, 11) is 0. The van der Waals surface area contributed by atoms with Gasteiger partial charge in [-0.05, 0) is 25.2 Å². The second-order valence-electron chi connectivity index (χ2n) is 2.87. The number of hydrogen-bond acceptors (Lipinski definition) is 0. The van der Waals surface area contributed by atoms with E-state index in [2.05, 4.69) is 0 Å². The van der Waals surface area contributed by atoms with Gasteiger partial charge in [0.05, 0.1) is 10.3 Å². The summed E-state index contributed by atoms with van der Waals surface area (Å²) < 4.78 is 0. The maximum Gasteiger partial charge on any atom is 0.0641 e. The molecule has 2 aliphatic carbocycles. The van der Waals surface area contributed by atoms with E-state index in [0.29, 0.717) is 0 Å². The Morgan fingerprint density at radius 1 is 1.38 bits per heavy atom. The Morgan fingerprint density at radius 3 is 2.25 bits per heavy atom. The van der Waals surface area contributed by atoms with Crippen molar-refractivity contribution < 1.29 is 0 Å². The average molecular weight is 151 g/mol. The van der Waals surface area contributed by atoms with Crippen molar-refractivity contribution in [2.75, 3.05) is 0 Å². The molecule has 2 heteroatoms. The summed E-state index contributed by atoms with van der Waals surface area (Å²) in [5, 5.41) is 0.272. The summed E-state index contributed by atoms with van der Waals surface area (Å²) in [6.45, 7) is 0. The van der Waals surface area contributed by atoms with Gasteiger partial charge in [0.25, 0.3) is 0 Å². The topological polar surface area (TPSA) is 0 Å². The van der Waals surface area contributed by atoms with E-state index in [0.717, 1.165) is 12.3 Å². The van der Waals surface area contributed by atoms with E-state index in [1.165, 1.54) is 12.8 Å². The Labute approximate surface area is 59.2 Å². The highest BCUT2D eigenvalue weighted by atomic mass is 35.5. The molecule has 0 heterocycles. The van der Waals surface area contributed by atoms with Crippen LogP contribution in [0.4, 0.5) is 0 Å². The van der Waals surface area contributed by atoms with Crippen molar-refractivity contribution >= 4 is 23.2 Å². The highest BCUT2D eigenvalue weighted by molar-refractivity contribution is 6.34. The van der Waals surface area contributed by atoms with Crippen molar-refractivity contribution in [3.8, 4) is 0 Å². The number of fused-ring (bicyclic) bond motifs is 1. The minimum absolute atomic E-state index is 0.0571. The van der Waals surface area contributed by atoms with Gasteiger partial charge >= 0.3 is 0 Å². The first-order valence-electron chi connectivity index (χ1n) is 3.06. The predicted octanol–water partition coefficient (Wildman–Crippen LogP) is 2.39. The molecule has 0 aromatic carbocycles. The minimum atomic E-state index is 0.0571. The number of hydrogen-bond donors (Lipinski definition) is 0. The highest BCUT2D eigenvalue weighted by Gasteiger charge is 2.61. The van der Waals surface area contributed by atoms with Gasteiger partial charge in [-0.25, -0.2) is 0 Å². The lowest BCUT2D eigenvalue weighted by Crippen LogP contribution is -2.11. The van der Waals surface area contributed by atoms with Crippen LogP contribution < -0.4 is 0 Å². The summed E-state index contributed by atoms with van der Waals surface area (Å²) in [5.74, 6) is 0.770. The van der Waals surface area contributed by atoms with Crippen LogP contribution >= 0.6 is 23.2 Å². The zero-order valence-electron chi connectivity index (χ0n) is 4.53. The second kappa shape index (κ2) is 1.35. The van der Waals surface area contributed by atoms with Gasteiger partial charge in [-0.2, -0.15) is 0 Å². The van der Waals surface area contributed by atoms with Crippen LogP contribution in [0.2, 0.25) is 0 Å². The third kappa shape index (κ3) is 0.484. The van der Waals surface area contributed by atoms with Crippen molar-refractivity contribution in [2.24, 2.45) is 5.92 Å². The Morgan fingerprint density at radius 2 is 2.12 bits per heavy atom. The Balaban J connectivity index is 2.19. The van der Waals surface area contributed by atoms with Gasteiger partial charge in [0, 0.05) is 0 Å². The van der Waals surface area contributed by atoms with Crippen LogP contribution in [0.15, 0.2) is 0 Å². The lowest BCUT2D eigenvalue weighted by molar-refractivity contribution is 0.747. The fraction of sp³-hybridized carbons (Fsp3) is 1.00. The van der Waals surface area contributed by atoms with Crippen molar-refractivity contribution in [3.05, 3.63) is 0 Å². The fourth-order valence-electron chi connectivity index (χ4n) is 1.63. The first-order chi connectivity index (χ1) is 3.73. The highest BCUT2D eigenvalue weighted by Crippen LogP contribution is 2.62. The monoisotopic (exact) mass is 150 g/mol. The summed E-state index contributed by atoms with van der Waals surface area (Å²) >= 11 is 12.0. The van der Waals surface area contributed by atoms with Crippen molar-refractivity contribution in [1.82, 2.24) is 0 Å². The largest absolute Gasteiger partial charge is 0.121 e. The number of rotatable bonds is 0. The minimum Gasteiger partial charge on any atom is -0.121 e. The molecule has 0 nitrogen and oxygen atoms in total. The van der Waals surface area contributed by atoms with E-state index < -0.39 is 0 Å². The van der Waals surface area contributed by atoms with E-state index in [1.54, 1.807) is 0 Å². The quantitative estimate of drug-likeness (QED) is 0.466. The van der Waals surface area contributed by atoms with E-state index >= 15 is 0 Å². The molecule has 3 unspecified atom stereocenters.